The number of nitrogens with one attached hydrogen (secondary N) is 1. The highest BCUT2D eigenvalue weighted by molar-refractivity contribution is 5.82. The van der Waals surface area contributed by atoms with Crippen LogP contribution in [0.2, 0.25) is 0 Å². The minimum atomic E-state index is 0.0984. The van der Waals surface area contributed by atoms with Crippen molar-refractivity contribution in [3.63, 3.8) is 0 Å². The fourth-order valence-corrected chi connectivity index (χ4v) is 2.55. The molecule has 2 rings (SSSR count). The van der Waals surface area contributed by atoms with Crippen LogP contribution in [0.1, 0.15) is 46.1 Å². The van der Waals surface area contributed by atoms with Gasteiger partial charge < -0.3 is 10.1 Å². The van der Waals surface area contributed by atoms with Crippen molar-refractivity contribution < 1.29 is 9.53 Å². The lowest BCUT2D eigenvalue weighted by Gasteiger charge is -2.37. The fraction of sp³-hybridized carbons (Fsp3) is 0.611. The first-order chi connectivity index (χ1) is 9.94. The van der Waals surface area contributed by atoms with E-state index in [-0.39, 0.29) is 11.7 Å². The summed E-state index contributed by atoms with van der Waals surface area (Å²) < 4.78 is 5.94. The number of rotatable bonds is 7. The summed E-state index contributed by atoms with van der Waals surface area (Å²) in [6.45, 7) is 8.23. The van der Waals surface area contributed by atoms with Gasteiger partial charge in [0, 0.05) is 24.4 Å². The Morgan fingerprint density at radius 3 is 2.33 bits per heavy atom. The number of benzene rings is 1. The van der Waals surface area contributed by atoms with Crippen LogP contribution in [0.4, 0.5) is 0 Å². The van der Waals surface area contributed by atoms with Gasteiger partial charge in [-0.2, -0.15) is 0 Å². The quantitative estimate of drug-likeness (QED) is 0.836. The molecule has 0 amide bonds. The van der Waals surface area contributed by atoms with Crippen LogP contribution in [0.5, 0.6) is 5.75 Å². The molecule has 0 saturated heterocycles. The maximum atomic E-state index is 11.7. The SMILES string of the molecule is CC(C)NC1CC(Oc2ccc(CC(=O)C(C)C)cc2)C1. The van der Waals surface area contributed by atoms with E-state index in [0.29, 0.717) is 24.6 Å². The average molecular weight is 289 g/mol. The summed E-state index contributed by atoms with van der Waals surface area (Å²) in [5.74, 6) is 1.29. The van der Waals surface area contributed by atoms with Gasteiger partial charge in [0.1, 0.15) is 17.6 Å². The van der Waals surface area contributed by atoms with E-state index in [4.69, 9.17) is 4.74 Å². The summed E-state index contributed by atoms with van der Waals surface area (Å²) in [7, 11) is 0. The molecule has 1 aromatic carbocycles. The summed E-state index contributed by atoms with van der Waals surface area (Å²) >= 11 is 0. The number of carbonyl (C=O) groups is 1. The molecule has 1 aromatic rings. The molecule has 0 heterocycles. The van der Waals surface area contributed by atoms with E-state index in [0.717, 1.165) is 24.2 Å². The Hall–Kier alpha value is -1.35. The summed E-state index contributed by atoms with van der Waals surface area (Å²) in [4.78, 5) is 11.7. The molecule has 1 N–H and O–H groups in total. The fourth-order valence-electron chi connectivity index (χ4n) is 2.55. The largest absolute Gasteiger partial charge is 0.490 e. The lowest BCUT2D eigenvalue weighted by atomic mass is 9.88. The molecule has 1 aliphatic rings. The average Bonchev–Trinajstić information content (AvgIpc) is 2.37. The molecule has 0 aliphatic heterocycles. The topological polar surface area (TPSA) is 38.3 Å². The van der Waals surface area contributed by atoms with Crippen molar-refractivity contribution in [2.45, 2.75) is 65.1 Å². The zero-order chi connectivity index (χ0) is 15.4. The van der Waals surface area contributed by atoms with E-state index in [1.165, 1.54) is 0 Å². The highest BCUT2D eigenvalue weighted by Gasteiger charge is 2.30. The zero-order valence-corrected chi connectivity index (χ0v) is 13.6. The second kappa shape index (κ2) is 7.08. The third-order valence-electron chi connectivity index (χ3n) is 3.91. The van der Waals surface area contributed by atoms with E-state index in [2.05, 4.69) is 19.2 Å². The molecule has 116 valence electrons. The van der Waals surface area contributed by atoms with Crippen molar-refractivity contribution >= 4 is 5.78 Å². The predicted octanol–water partition coefficient (Wildman–Crippen LogP) is 3.36. The van der Waals surface area contributed by atoms with Crippen LogP contribution in [-0.2, 0) is 11.2 Å². The molecule has 21 heavy (non-hydrogen) atoms. The van der Waals surface area contributed by atoms with Crippen molar-refractivity contribution in [3.05, 3.63) is 29.8 Å². The molecule has 0 unspecified atom stereocenters. The Morgan fingerprint density at radius 1 is 1.19 bits per heavy atom. The van der Waals surface area contributed by atoms with Crippen LogP contribution in [0.3, 0.4) is 0 Å². The zero-order valence-electron chi connectivity index (χ0n) is 13.6. The summed E-state index contributed by atoms with van der Waals surface area (Å²) in [5, 5.41) is 3.52. The van der Waals surface area contributed by atoms with Crippen molar-refractivity contribution in [1.82, 2.24) is 5.32 Å². The van der Waals surface area contributed by atoms with E-state index < -0.39 is 0 Å². The molecule has 1 saturated carbocycles. The molecule has 0 atom stereocenters. The van der Waals surface area contributed by atoms with E-state index >= 15 is 0 Å². The molecule has 0 bridgehead atoms. The van der Waals surface area contributed by atoms with E-state index in [1.807, 2.05) is 38.1 Å². The van der Waals surface area contributed by atoms with Gasteiger partial charge in [0.15, 0.2) is 0 Å². The molecule has 3 heteroatoms. The van der Waals surface area contributed by atoms with Crippen LogP contribution in [-0.4, -0.2) is 24.0 Å². The molecule has 0 radical (unpaired) electrons. The number of ether oxygens (including phenoxy) is 1. The number of hydrogen-bond donors (Lipinski definition) is 1. The highest BCUT2D eigenvalue weighted by Crippen LogP contribution is 2.26. The van der Waals surface area contributed by atoms with Crippen LogP contribution >= 0.6 is 0 Å². The first-order valence-corrected chi connectivity index (χ1v) is 7.98. The molecule has 1 fully saturated rings. The molecule has 1 aliphatic carbocycles. The van der Waals surface area contributed by atoms with Crippen LogP contribution < -0.4 is 10.1 Å². The number of Topliss-reactive ketones (excluding diaryl/α,β-unsaturated/α-hetero) is 1. The minimum absolute atomic E-state index is 0.0984. The Balaban J connectivity index is 1.77. The minimum Gasteiger partial charge on any atom is -0.490 e. The number of ketones is 1. The van der Waals surface area contributed by atoms with Gasteiger partial charge in [0.05, 0.1) is 0 Å². The van der Waals surface area contributed by atoms with Crippen LogP contribution in [0.15, 0.2) is 24.3 Å². The monoisotopic (exact) mass is 289 g/mol. The third-order valence-corrected chi connectivity index (χ3v) is 3.91. The molecular formula is C18H27NO2. The van der Waals surface area contributed by atoms with Crippen molar-refractivity contribution in [2.24, 2.45) is 5.92 Å². The maximum absolute atomic E-state index is 11.7. The second-order valence-corrected chi connectivity index (χ2v) is 6.67. The Kier molecular flexibility index (Phi) is 5.40. The van der Waals surface area contributed by atoms with Crippen molar-refractivity contribution in [1.29, 1.82) is 0 Å². The predicted molar refractivity (Wildman–Crippen MR) is 85.7 cm³/mol. The lowest BCUT2D eigenvalue weighted by molar-refractivity contribution is -0.121. The molecule has 0 spiro atoms. The van der Waals surface area contributed by atoms with Gasteiger partial charge >= 0.3 is 0 Å². The summed E-state index contributed by atoms with van der Waals surface area (Å²) in [6, 6.07) is 9.08. The highest BCUT2D eigenvalue weighted by atomic mass is 16.5. The number of hydrogen-bond acceptors (Lipinski definition) is 3. The summed E-state index contributed by atoms with van der Waals surface area (Å²) in [5.41, 5.74) is 1.06. The van der Waals surface area contributed by atoms with Gasteiger partial charge in [0.2, 0.25) is 0 Å². The van der Waals surface area contributed by atoms with Gasteiger partial charge in [-0.1, -0.05) is 39.8 Å². The molecule has 0 aromatic heterocycles. The summed E-state index contributed by atoms with van der Waals surface area (Å²) in [6.07, 6.45) is 2.99. The standard InChI is InChI=1S/C18H27NO2/c1-12(2)18(20)9-14-5-7-16(8-6-14)21-17-10-15(11-17)19-13(3)4/h5-8,12-13,15,17,19H,9-11H2,1-4H3. The first-order valence-electron chi connectivity index (χ1n) is 7.98. The van der Waals surface area contributed by atoms with Gasteiger partial charge in [-0.05, 0) is 30.5 Å². The van der Waals surface area contributed by atoms with Gasteiger partial charge in [0.25, 0.3) is 0 Å². The third kappa shape index (κ3) is 4.85. The molecule has 3 nitrogen and oxygen atoms in total. The van der Waals surface area contributed by atoms with Crippen LogP contribution in [0.25, 0.3) is 0 Å². The van der Waals surface area contributed by atoms with Crippen LogP contribution in [0, 0.1) is 5.92 Å². The van der Waals surface area contributed by atoms with Crippen molar-refractivity contribution in [3.8, 4) is 5.75 Å². The number of carbonyl (C=O) groups excluding carboxylic acids is 1. The second-order valence-electron chi connectivity index (χ2n) is 6.67. The Labute approximate surface area is 128 Å². The lowest BCUT2D eigenvalue weighted by Crippen LogP contribution is -2.49. The van der Waals surface area contributed by atoms with E-state index in [9.17, 15) is 4.79 Å². The van der Waals surface area contributed by atoms with Gasteiger partial charge in [-0.15, -0.1) is 0 Å². The van der Waals surface area contributed by atoms with Gasteiger partial charge in [-0.25, -0.2) is 0 Å². The Bertz CT molecular complexity index is 459. The van der Waals surface area contributed by atoms with Gasteiger partial charge in [-0.3, -0.25) is 4.79 Å². The normalized spacial score (nSPS) is 21.4. The smallest absolute Gasteiger partial charge is 0.139 e. The Morgan fingerprint density at radius 2 is 1.81 bits per heavy atom. The molecular weight excluding hydrogens is 262 g/mol. The van der Waals surface area contributed by atoms with Crippen molar-refractivity contribution in [2.75, 3.05) is 0 Å². The first kappa shape index (κ1) is 16.0. The van der Waals surface area contributed by atoms with E-state index in [1.54, 1.807) is 0 Å². The maximum Gasteiger partial charge on any atom is 0.139 e.